The van der Waals surface area contributed by atoms with Gasteiger partial charge >= 0.3 is 0 Å². The van der Waals surface area contributed by atoms with Crippen molar-refractivity contribution in [3.63, 3.8) is 0 Å². The maximum atomic E-state index is 5.23. The highest BCUT2D eigenvalue weighted by atomic mass is 16.5. The quantitative estimate of drug-likeness (QED) is 0.484. The summed E-state index contributed by atoms with van der Waals surface area (Å²) in [5.74, 6) is 0.864. The lowest BCUT2D eigenvalue weighted by Gasteiger charge is -2.05. The summed E-state index contributed by atoms with van der Waals surface area (Å²) in [5, 5.41) is 0. The molecule has 0 fully saturated rings. The second-order valence-corrected chi connectivity index (χ2v) is 6.98. The summed E-state index contributed by atoms with van der Waals surface area (Å²) in [6.07, 6.45) is 8.50. The van der Waals surface area contributed by atoms with Gasteiger partial charge in [0, 0.05) is 48.0 Å². The van der Waals surface area contributed by atoms with Crippen LogP contribution in [0.25, 0.3) is 22.5 Å². The van der Waals surface area contributed by atoms with E-state index in [1.165, 1.54) is 27.9 Å². The van der Waals surface area contributed by atoms with Crippen molar-refractivity contribution in [1.29, 1.82) is 0 Å². The van der Waals surface area contributed by atoms with E-state index < -0.39 is 0 Å². The first-order chi connectivity index (χ1) is 13.6. The zero-order valence-electron chi connectivity index (χ0n) is 16.5. The van der Waals surface area contributed by atoms with Crippen LogP contribution in [-0.4, -0.2) is 7.11 Å². The van der Waals surface area contributed by atoms with Crippen LogP contribution < -0.4 is 13.9 Å². The molecule has 0 unspecified atom stereocenters. The van der Waals surface area contributed by atoms with Crippen molar-refractivity contribution in [3.05, 3.63) is 103 Å². The minimum Gasteiger partial charge on any atom is -0.497 e. The number of hydrogen-bond donors (Lipinski definition) is 0. The lowest BCUT2D eigenvalue weighted by atomic mass is 10.0. The lowest BCUT2D eigenvalue weighted by molar-refractivity contribution is -0.596. The Morgan fingerprint density at radius 1 is 0.643 bits per heavy atom. The van der Waals surface area contributed by atoms with Gasteiger partial charge in [0.15, 0.2) is 24.8 Å². The second-order valence-electron chi connectivity index (χ2n) is 6.98. The lowest BCUT2D eigenvalue weighted by Crippen LogP contribution is -2.30. The molecule has 0 saturated carbocycles. The third-order valence-corrected chi connectivity index (χ3v) is 5.00. The van der Waals surface area contributed by atoms with Gasteiger partial charge in [-0.3, -0.25) is 0 Å². The first-order valence-electron chi connectivity index (χ1n) is 9.39. The summed E-state index contributed by atoms with van der Waals surface area (Å²) in [5.41, 5.74) is 7.24. The van der Waals surface area contributed by atoms with Crippen LogP contribution >= 0.6 is 0 Å². The standard InChI is InChI=1S/C25H24N2O/c1-19-4-6-23(7-5-19)27-17-14-25(20(2)18-27)21-12-15-26(16-13-21)22-8-10-24(28-3)11-9-22/h4-18H,1-3H3/q+2. The minimum atomic E-state index is 0.864. The Hall–Kier alpha value is -3.46. The van der Waals surface area contributed by atoms with Crippen LogP contribution in [0.2, 0.25) is 0 Å². The highest BCUT2D eigenvalue weighted by Gasteiger charge is 2.12. The molecule has 3 heteroatoms. The summed E-state index contributed by atoms with van der Waals surface area (Å²) in [7, 11) is 1.68. The van der Waals surface area contributed by atoms with Crippen molar-refractivity contribution in [2.24, 2.45) is 0 Å². The molecule has 4 aromatic rings. The topological polar surface area (TPSA) is 17.0 Å². The number of rotatable bonds is 4. The van der Waals surface area contributed by atoms with Gasteiger partial charge in [0.05, 0.1) is 7.11 Å². The minimum absolute atomic E-state index is 0.864. The summed E-state index contributed by atoms with van der Waals surface area (Å²) in [6.45, 7) is 4.26. The molecular formula is C25H24N2O+2. The zero-order chi connectivity index (χ0) is 19.5. The highest BCUT2D eigenvalue weighted by molar-refractivity contribution is 5.65. The number of hydrogen-bond acceptors (Lipinski definition) is 1. The van der Waals surface area contributed by atoms with Crippen molar-refractivity contribution >= 4 is 0 Å². The molecule has 0 aliphatic rings. The molecule has 0 atom stereocenters. The Balaban J connectivity index is 1.61. The number of benzene rings is 2. The van der Waals surface area contributed by atoms with E-state index in [0.29, 0.717) is 0 Å². The Kier molecular flexibility index (Phi) is 4.90. The molecule has 28 heavy (non-hydrogen) atoms. The number of nitrogens with zero attached hydrogens (tertiary/aromatic N) is 2. The predicted molar refractivity (Wildman–Crippen MR) is 111 cm³/mol. The molecule has 4 rings (SSSR count). The number of aromatic nitrogens is 2. The van der Waals surface area contributed by atoms with E-state index in [1.54, 1.807) is 7.11 Å². The fourth-order valence-corrected chi connectivity index (χ4v) is 3.34. The van der Waals surface area contributed by atoms with Crippen molar-refractivity contribution in [2.75, 3.05) is 7.11 Å². The third kappa shape index (κ3) is 3.65. The Labute approximate surface area is 166 Å². The van der Waals surface area contributed by atoms with E-state index in [1.807, 2.05) is 12.1 Å². The van der Waals surface area contributed by atoms with Crippen molar-refractivity contribution < 1.29 is 13.9 Å². The molecule has 2 aromatic heterocycles. The van der Waals surface area contributed by atoms with Crippen LogP contribution in [-0.2, 0) is 0 Å². The van der Waals surface area contributed by atoms with Gasteiger partial charge < -0.3 is 4.74 Å². The molecule has 138 valence electrons. The van der Waals surface area contributed by atoms with Crippen LogP contribution in [0.5, 0.6) is 5.75 Å². The second kappa shape index (κ2) is 7.65. The molecule has 0 saturated heterocycles. The fourth-order valence-electron chi connectivity index (χ4n) is 3.34. The van der Waals surface area contributed by atoms with Gasteiger partial charge in [-0.25, -0.2) is 0 Å². The molecule has 0 aliphatic carbocycles. The smallest absolute Gasteiger partial charge is 0.210 e. The molecule has 0 spiro atoms. The molecular weight excluding hydrogens is 344 g/mol. The van der Waals surface area contributed by atoms with Gasteiger partial charge in [0.2, 0.25) is 11.4 Å². The van der Waals surface area contributed by atoms with Crippen molar-refractivity contribution in [3.8, 4) is 28.3 Å². The normalized spacial score (nSPS) is 10.7. The van der Waals surface area contributed by atoms with E-state index in [-0.39, 0.29) is 0 Å². The SMILES string of the molecule is COc1ccc(-[n+]2ccc(-c3cc[n+](-c4ccc(C)cc4)cc3C)cc2)cc1. The van der Waals surface area contributed by atoms with Crippen molar-refractivity contribution in [2.45, 2.75) is 13.8 Å². The van der Waals surface area contributed by atoms with Crippen LogP contribution in [0.1, 0.15) is 11.1 Å². The number of methoxy groups -OCH3 is 1. The van der Waals surface area contributed by atoms with E-state index in [0.717, 1.165) is 11.4 Å². The Morgan fingerprint density at radius 3 is 1.82 bits per heavy atom. The monoisotopic (exact) mass is 368 g/mol. The maximum absolute atomic E-state index is 5.23. The van der Waals surface area contributed by atoms with E-state index >= 15 is 0 Å². The van der Waals surface area contributed by atoms with E-state index in [4.69, 9.17) is 4.74 Å². The Bertz CT molecular complexity index is 1080. The maximum Gasteiger partial charge on any atom is 0.210 e. The number of ether oxygens (including phenoxy) is 1. The summed E-state index contributed by atoms with van der Waals surface area (Å²) in [4.78, 5) is 0. The molecule has 0 amide bonds. The molecule has 0 N–H and O–H groups in total. The van der Waals surface area contributed by atoms with E-state index in [2.05, 4.69) is 102 Å². The molecule has 3 nitrogen and oxygen atoms in total. The molecule has 2 aromatic carbocycles. The van der Waals surface area contributed by atoms with Gasteiger partial charge in [-0.2, -0.15) is 9.13 Å². The first kappa shape index (κ1) is 17.9. The molecule has 0 bridgehead atoms. The number of aryl methyl sites for hydroxylation is 2. The first-order valence-corrected chi connectivity index (χ1v) is 9.39. The van der Waals surface area contributed by atoms with E-state index in [9.17, 15) is 0 Å². The highest BCUT2D eigenvalue weighted by Crippen LogP contribution is 2.21. The average Bonchev–Trinajstić information content (AvgIpc) is 2.74. The summed E-state index contributed by atoms with van der Waals surface area (Å²) in [6, 6.07) is 23.1. The molecule has 0 aliphatic heterocycles. The van der Waals surface area contributed by atoms with Crippen LogP contribution in [0, 0.1) is 13.8 Å². The zero-order valence-corrected chi connectivity index (χ0v) is 16.5. The average molecular weight is 368 g/mol. The van der Waals surface area contributed by atoms with Gasteiger partial charge in [-0.05, 0) is 37.1 Å². The largest absolute Gasteiger partial charge is 0.497 e. The molecule has 0 radical (unpaired) electrons. The summed E-state index contributed by atoms with van der Waals surface area (Å²) < 4.78 is 9.50. The van der Waals surface area contributed by atoms with Crippen molar-refractivity contribution in [1.82, 2.24) is 0 Å². The summed E-state index contributed by atoms with van der Waals surface area (Å²) >= 11 is 0. The number of pyridine rings is 2. The van der Waals surface area contributed by atoms with Crippen LogP contribution in [0.4, 0.5) is 0 Å². The van der Waals surface area contributed by atoms with Gasteiger partial charge in [0.25, 0.3) is 0 Å². The Morgan fingerprint density at radius 2 is 1.21 bits per heavy atom. The molecule has 2 heterocycles. The van der Waals surface area contributed by atoms with Gasteiger partial charge in [-0.15, -0.1) is 0 Å². The fraction of sp³-hybridized carbons (Fsp3) is 0.120. The van der Waals surface area contributed by atoms with Gasteiger partial charge in [0.1, 0.15) is 5.75 Å². The third-order valence-electron chi connectivity index (χ3n) is 5.00. The van der Waals surface area contributed by atoms with Crippen LogP contribution in [0.3, 0.4) is 0 Å². The van der Waals surface area contributed by atoms with Gasteiger partial charge in [-0.1, -0.05) is 17.7 Å². The van der Waals surface area contributed by atoms with Crippen LogP contribution in [0.15, 0.2) is 91.5 Å². The predicted octanol–water partition coefficient (Wildman–Crippen LogP) is 4.53.